The number of aromatic nitrogens is 1. The molecule has 2 aromatic carbocycles. The minimum atomic E-state index is -0.206. The Morgan fingerprint density at radius 2 is 1.96 bits per heavy atom. The molecule has 5 heteroatoms. The van der Waals surface area contributed by atoms with Crippen molar-refractivity contribution in [3.63, 3.8) is 0 Å². The number of methoxy groups -OCH3 is 1. The van der Waals surface area contributed by atoms with Crippen molar-refractivity contribution < 1.29 is 14.6 Å². The van der Waals surface area contributed by atoms with Crippen molar-refractivity contribution in [1.82, 2.24) is 9.88 Å². The third-order valence-corrected chi connectivity index (χ3v) is 3.79. The van der Waals surface area contributed by atoms with Gasteiger partial charge in [0.25, 0.3) is 5.91 Å². The summed E-state index contributed by atoms with van der Waals surface area (Å²) in [5.41, 5.74) is 1.17. The molecule has 0 aliphatic heterocycles. The van der Waals surface area contributed by atoms with Gasteiger partial charge in [-0.25, -0.2) is 4.98 Å². The first-order valence-electron chi connectivity index (χ1n) is 7.55. The highest BCUT2D eigenvalue weighted by atomic mass is 16.5. The Balaban J connectivity index is 1.90. The van der Waals surface area contributed by atoms with Crippen LogP contribution in [0.15, 0.2) is 54.6 Å². The van der Waals surface area contributed by atoms with E-state index >= 15 is 0 Å². The number of fused-ring (bicyclic) bond motifs is 1. The minimum absolute atomic E-state index is 0.179. The van der Waals surface area contributed by atoms with Gasteiger partial charge in [0, 0.05) is 19.0 Å². The van der Waals surface area contributed by atoms with Gasteiger partial charge in [-0.3, -0.25) is 4.79 Å². The second-order valence-electron chi connectivity index (χ2n) is 5.57. The van der Waals surface area contributed by atoms with Crippen LogP contribution in [0.2, 0.25) is 0 Å². The van der Waals surface area contributed by atoms with Crippen LogP contribution in [-0.4, -0.2) is 35.1 Å². The van der Waals surface area contributed by atoms with Crippen LogP contribution in [0.1, 0.15) is 16.1 Å². The smallest absolute Gasteiger partial charge is 0.272 e. The Labute approximate surface area is 140 Å². The van der Waals surface area contributed by atoms with Crippen molar-refractivity contribution in [2.75, 3.05) is 14.2 Å². The van der Waals surface area contributed by atoms with Crippen molar-refractivity contribution >= 4 is 16.7 Å². The summed E-state index contributed by atoms with van der Waals surface area (Å²) < 4.78 is 5.32. The van der Waals surface area contributed by atoms with Crippen molar-refractivity contribution in [1.29, 1.82) is 0 Å². The highest BCUT2D eigenvalue weighted by Crippen LogP contribution is 2.25. The summed E-state index contributed by atoms with van der Waals surface area (Å²) in [6.45, 7) is 0.379. The zero-order valence-electron chi connectivity index (χ0n) is 13.6. The van der Waals surface area contributed by atoms with E-state index in [2.05, 4.69) is 4.98 Å². The molecule has 3 aromatic rings. The maximum absolute atomic E-state index is 12.7. The fourth-order valence-corrected chi connectivity index (χ4v) is 2.63. The maximum atomic E-state index is 12.7. The van der Waals surface area contributed by atoms with Crippen LogP contribution in [0.5, 0.6) is 11.6 Å². The molecule has 1 aromatic heterocycles. The maximum Gasteiger partial charge on any atom is 0.272 e. The molecule has 5 nitrogen and oxygen atoms in total. The number of ether oxygens (including phenoxy) is 1. The van der Waals surface area contributed by atoms with Crippen molar-refractivity contribution in [3.05, 3.63) is 65.9 Å². The molecule has 0 atom stereocenters. The minimum Gasteiger partial charge on any atom is -0.508 e. The van der Waals surface area contributed by atoms with Gasteiger partial charge in [-0.2, -0.15) is 0 Å². The second-order valence-corrected chi connectivity index (χ2v) is 5.57. The normalized spacial score (nSPS) is 10.6. The van der Waals surface area contributed by atoms with E-state index in [1.54, 1.807) is 43.3 Å². The van der Waals surface area contributed by atoms with Crippen LogP contribution < -0.4 is 4.74 Å². The molecule has 0 aliphatic carbocycles. The number of benzene rings is 2. The van der Waals surface area contributed by atoms with E-state index in [0.29, 0.717) is 18.1 Å². The number of phenolic OH excluding ortho intramolecular Hbond substituents is 1. The number of carbonyl (C=O) groups excluding carboxylic acids is 1. The van der Waals surface area contributed by atoms with Crippen LogP contribution in [-0.2, 0) is 6.54 Å². The number of nitrogens with zero attached hydrogens (tertiary/aromatic N) is 2. The lowest BCUT2D eigenvalue weighted by atomic mass is 10.1. The molecule has 24 heavy (non-hydrogen) atoms. The zero-order chi connectivity index (χ0) is 17.1. The number of rotatable bonds is 4. The third kappa shape index (κ3) is 3.15. The fourth-order valence-electron chi connectivity index (χ4n) is 2.63. The van der Waals surface area contributed by atoms with E-state index < -0.39 is 0 Å². The van der Waals surface area contributed by atoms with Crippen LogP contribution >= 0.6 is 0 Å². The predicted molar refractivity (Wildman–Crippen MR) is 92.2 cm³/mol. The summed E-state index contributed by atoms with van der Waals surface area (Å²) in [5, 5.41) is 11.3. The molecule has 122 valence electrons. The zero-order valence-corrected chi connectivity index (χ0v) is 13.6. The Bertz CT molecular complexity index is 893. The number of pyridine rings is 1. The number of aromatic hydroxyl groups is 1. The molecule has 1 N–H and O–H groups in total. The van der Waals surface area contributed by atoms with Gasteiger partial charge in [0.15, 0.2) is 0 Å². The summed E-state index contributed by atoms with van der Waals surface area (Å²) in [6, 6.07) is 16.3. The Morgan fingerprint density at radius 3 is 2.71 bits per heavy atom. The first kappa shape index (κ1) is 15.8. The van der Waals surface area contributed by atoms with Gasteiger partial charge in [0.05, 0.1) is 7.11 Å². The van der Waals surface area contributed by atoms with Gasteiger partial charge in [0.1, 0.15) is 11.4 Å². The molecule has 0 saturated carbocycles. The second kappa shape index (κ2) is 6.58. The highest BCUT2D eigenvalue weighted by molar-refractivity contribution is 5.98. The average molecular weight is 322 g/mol. The molecule has 0 unspecified atom stereocenters. The first-order valence-corrected chi connectivity index (χ1v) is 7.55. The molecule has 0 fully saturated rings. The van der Waals surface area contributed by atoms with Gasteiger partial charge in [0.2, 0.25) is 5.88 Å². The standard InChI is InChI=1S/C19H18N2O3/c1-21(12-13-6-5-8-15(22)10-13)19(23)17-11-14-7-3-4-9-16(14)18(20-17)24-2/h3-11,22H,12H2,1-2H3. The molecular weight excluding hydrogens is 304 g/mol. The lowest BCUT2D eigenvalue weighted by Gasteiger charge is -2.18. The van der Waals surface area contributed by atoms with Crippen LogP contribution in [0.4, 0.5) is 0 Å². The molecular formula is C19H18N2O3. The fraction of sp³-hybridized carbons (Fsp3) is 0.158. The quantitative estimate of drug-likeness (QED) is 0.801. The van der Waals surface area contributed by atoms with Crippen molar-refractivity contribution in [2.45, 2.75) is 6.54 Å². The predicted octanol–water partition coefficient (Wildman–Crippen LogP) is 3.22. The number of hydrogen-bond donors (Lipinski definition) is 1. The Hall–Kier alpha value is -3.08. The third-order valence-electron chi connectivity index (χ3n) is 3.79. The SMILES string of the molecule is COc1nc(C(=O)N(C)Cc2cccc(O)c2)cc2ccccc12. The highest BCUT2D eigenvalue weighted by Gasteiger charge is 2.16. The number of carbonyl (C=O) groups is 1. The van der Waals surface area contributed by atoms with Crippen molar-refractivity contribution in [2.24, 2.45) is 0 Å². The summed E-state index contributed by atoms with van der Waals surface area (Å²) in [6.07, 6.45) is 0. The van der Waals surface area contributed by atoms with E-state index in [1.807, 2.05) is 30.3 Å². The van der Waals surface area contributed by atoms with Crippen LogP contribution in [0.25, 0.3) is 10.8 Å². The molecule has 0 aliphatic rings. The van der Waals surface area contributed by atoms with E-state index in [-0.39, 0.29) is 11.7 Å². The summed E-state index contributed by atoms with van der Waals surface area (Å²) in [7, 11) is 3.25. The Morgan fingerprint density at radius 1 is 1.17 bits per heavy atom. The average Bonchev–Trinajstić information content (AvgIpc) is 2.60. The largest absolute Gasteiger partial charge is 0.508 e. The van der Waals surface area contributed by atoms with E-state index in [9.17, 15) is 9.90 Å². The molecule has 1 amide bonds. The van der Waals surface area contributed by atoms with E-state index in [1.165, 1.54) is 0 Å². The molecule has 0 bridgehead atoms. The number of amides is 1. The topological polar surface area (TPSA) is 62.7 Å². The molecule has 0 spiro atoms. The van der Waals surface area contributed by atoms with Gasteiger partial charge in [-0.15, -0.1) is 0 Å². The summed E-state index contributed by atoms with van der Waals surface area (Å²) >= 11 is 0. The van der Waals surface area contributed by atoms with Crippen molar-refractivity contribution in [3.8, 4) is 11.6 Å². The summed E-state index contributed by atoms with van der Waals surface area (Å²) in [5.74, 6) is 0.406. The summed E-state index contributed by atoms with van der Waals surface area (Å²) in [4.78, 5) is 18.6. The van der Waals surface area contributed by atoms with Gasteiger partial charge < -0.3 is 14.7 Å². The van der Waals surface area contributed by atoms with Crippen LogP contribution in [0, 0.1) is 0 Å². The van der Waals surface area contributed by atoms with E-state index in [0.717, 1.165) is 16.3 Å². The number of phenols is 1. The van der Waals surface area contributed by atoms with E-state index in [4.69, 9.17) is 4.74 Å². The molecule has 0 saturated heterocycles. The number of hydrogen-bond acceptors (Lipinski definition) is 4. The lowest BCUT2D eigenvalue weighted by Crippen LogP contribution is -2.27. The van der Waals surface area contributed by atoms with Gasteiger partial charge in [-0.1, -0.05) is 30.3 Å². The van der Waals surface area contributed by atoms with Gasteiger partial charge in [-0.05, 0) is 35.2 Å². The Kier molecular flexibility index (Phi) is 4.33. The lowest BCUT2D eigenvalue weighted by molar-refractivity contribution is 0.0778. The monoisotopic (exact) mass is 322 g/mol. The first-order chi connectivity index (χ1) is 11.6. The molecule has 0 radical (unpaired) electrons. The molecule has 1 heterocycles. The molecule has 3 rings (SSSR count). The van der Waals surface area contributed by atoms with Crippen LogP contribution in [0.3, 0.4) is 0 Å². The van der Waals surface area contributed by atoms with Gasteiger partial charge >= 0.3 is 0 Å².